The maximum absolute atomic E-state index is 12.1. The van der Waals surface area contributed by atoms with Crippen molar-refractivity contribution in [3.8, 4) is 5.75 Å². The molecule has 7 heteroatoms. The van der Waals surface area contributed by atoms with Crippen LogP contribution in [0.2, 0.25) is 0 Å². The lowest BCUT2D eigenvalue weighted by Gasteiger charge is -2.08. The highest BCUT2D eigenvalue weighted by Crippen LogP contribution is 2.19. The summed E-state index contributed by atoms with van der Waals surface area (Å²) in [5, 5.41) is 2.57. The average molecular weight is 365 g/mol. The van der Waals surface area contributed by atoms with Crippen LogP contribution in [0.1, 0.15) is 11.1 Å². The Morgan fingerprint density at radius 2 is 1.73 bits per heavy atom. The number of hydrogen-bond donors (Lipinski definition) is 1. The molecule has 0 aliphatic carbocycles. The van der Waals surface area contributed by atoms with E-state index in [1.165, 1.54) is 12.1 Å². The van der Waals surface area contributed by atoms with Gasteiger partial charge in [0.25, 0.3) is 0 Å². The van der Waals surface area contributed by atoms with Gasteiger partial charge in [0, 0.05) is 6.54 Å². The Morgan fingerprint density at radius 3 is 2.38 bits per heavy atom. The Labute approximate surface area is 149 Å². The molecule has 0 aromatic heterocycles. The van der Waals surface area contributed by atoms with Crippen LogP contribution >= 0.6 is 0 Å². The third-order valence-electron chi connectivity index (χ3n) is 3.17. The molecule has 0 saturated heterocycles. The molecule has 0 saturated carbocycles. The summed E-state index contributed by atoms with van der Waals surface area (Å²) < 4.78 is 45.9. The maximum Gasteiger partial charge on any atom is 0.422 e. The Bertz CT molecular complexity index is 713. The maximum atomic E-state index is 12.1. The third-order valence-corrected chi connectivity index (χ3v) is 3.17. The van der Waals surface area contributed by atoms with Gasteiger partial charge in [-0.25, -0.2) is 4.79 Å². The second-order valence-corrected chi connectivity index (χ2v) is 5.32. The van der Waals surface area contributed by atoms with E-state index in [1.807, 2.05) is 30.3 Å². The summed E-state index contributed by atoms with van der Waals surface area (Å²) in [6.45, 7) is -0.868. The number of hydrogen-bond acceptors (Lipinski definition) is 3. The second-order valence-electron chi connectivity index (χ2n) is 5.32. The van der Waals surface area contributed by atoms with Gasteiger partial charge < -0.3 is 14.8 Å². The molecule has 2 aromatic rings. The lowest BCUT2D eigenvalue weighted by Crippen LogP contribution is -2.24. The molecule has 138 valence electrons. The van der Waals surface area contributed by atoms with E-state index >= 15 is 0 Å². The Kier molecular flexibility index (Phi) is 7.08. The first-order chi connectivity index (χ1) is 12.4. The van der Waals surface area contributed by atoms with E-state index in [-0.39, 0.29) is 18.9 Å². The third kappa shape index (κ3) is 7.74. The zero-order valence-electron chi connectivity index (χ0n) is 13.8. The number of amides is 1. The van der Waals surface area contributed by atoms with E-state index in [2.05, 4.69) is 10.1 Å². The highest BCUT2D eigenvalue weighted by Gasteiger charge is 2.28. The van der Waals surface area contributed by atoms with Gasteiger partial charge in [0.15, 0.2) is 6.61 Å². The number of halogens is 3. The van der Waals surface area contributed by atoms with Gasteiger partial charge in [-0.15, -0.1) is 0 Å². The molecule has 0 atom stereocenters. The average Bonchev–Trinajstić information content (AvgIpc) is 2.63. The molecule has 0 aliphatic rings. The number of carbonyl (C=O) groups is 1. The van der Waals surface area contributed by atoms with Crippen LogP contribution in [-0.4, -0.2) is 25.4 Å². The minimum absolute atomic E-state index is 0.141. The zero-order valence-corrected chi connectivity index (χ0v) is 13.8. The van der Waals surface area contributed by atoms with Gasteiger partial charge >= 0.3 is 12.3 Å². The van der Waals surface area contributed by atoms with Gasteiger partial charge in [-0.1, -0.05) is 54.6 Å². The minimum atomic E-state index is -4.36. The zero-order chi connectivity index (χ0) is 18.8. The number of nitrogens with one attached hydrogen (secondary N) is 1. The fourth-order valence-corrected chi connectivity index (χ4v) is 1.95. The summed E-state index contributed by atoms with van der Waals surface area (Å²) in [6, 6.07) is 15.5. The summed E-state index contributed by atoms with van der Waals surface area (Å²) in [5.74, 6) is 0.141. The van der Waals surface area contributed by atoms with E-state index in [1.54, 1.807) is 24.3 Å². The van der Waals surface area contributed by atoms with E-state index in [4.69, 9.17) is 4.74 Å². The van der Waals surface area contributed by atoms with Crippen molar-refractivity contribution in [1.82, 2.24) is 5.32 Å². The van der Waals surface area contributed by atoms with Crippen LogP contribution in [0.3, 0.4) is 0 Å². The quantitative estimate of drug-likeness (QED) is 0.782. The first-order valence-corrected chi connectivity index (χ1v) is 7.83. The highest BCUT2D eigenvalue weighted by atomic mass is 19.4. The molecule has 0 heterocycles. The standard InChI is InChI=1S/C19H18F3NO3/c20-19(21,22)14-26-17-10-8-15(9-11-17)7-4-12-23-18(24)25-13-16-5-2-1-3-6-16/h1-11H,12-14H2,(H,23,24). The van der Waals surface area contributed by atoms with Crippen LogP contribution in [0.4, 0.5) is 18.0 Å². The van der Waals surface area contributed by atoms with Gasteiger partial charge in [0.05, 0.1) is 0 Å². The van der Waals surface area contributed by atoms with E-state index in [0.29, 0.717) is 0 Å². The highest BCUT2D eigenvalue weighted by molar-refractivity contribution is 5.67. The topological polar surface area (TPSA) is 47.6 Å². The van der Waals surface area contributed by atoms with Crippen LogP contribution in [-0.2, 0) is 11.3 Å². The molecule has 0 radical (unpaired) electrons. The number of benzene rings is 2. The van der Waals surface area contributed by atoms with Gasteiger partial charge in [0.2, 0.25) is 0 Å². The van der Waals surface area contributed by atoms with Crippen molar-refractivity contribution in [2.75, 3.05) is 13.2 Å². The van der Waals surface area contributed by atoms with Crippen molar-refractivity contribution in [3.05, 3.63) is 71.8 Å². The number of rotatable bonds is 7. The van der Waals surface area contributed by atoms with Crippen molar-refractivity contribution in [2.45, 2.75) is 12.8 Å². The number of carbonyl (C=O) groups excluding carboxylic acids is 1. The van der Waals surface area contributed by atoms with E-state index in [0.717, 1.165) is 11.1 Å². The SMILES string of the molecule is O=C(NCC=Cc1ccc(OCC(F)(F)F)cc1)OCc1ccccc1. The molecular formula is C19H18F3NO3. The Balaban J connectivity index is 1.68. The molecule has 4 nitrogen and oxygen atoms in total. The summed E-state index contributed by atoms with van der Waals surface area (Å²) in [7, 11) is 0. The summed E-state index contributed by atoms with van der Waals surface area (Å²) in [6.07, 6.45) is -1.46. The molecule has 0 spiro atoms. The lowest BCUT2D eigenvalue weighted by molar-refractivity contribution is -0.153. The van der Waals surface area contributed by atoms with Gasteiger partial charge in [-0.2, -0.15) is 13.2 Å². The van der Waals surface area contributed by atoms with Crippen molar-refractivity contribution in [2.24, 2.45) is 0 Å². The van der Waals surface area contributed by atoms with Crippen molar-refractivity contribution >= 4 is 12.2 Å². The number of alkyl halides is 3. The molecule has 1 amide bonds. The van der Waals surface area contributed by atoms with Crippen LogP contribution in [0.25, 0.3) is 6.08 Å². The van der Waals surface area contributed by atoms with Gasteiger partial charge in [0.1, 0.15) is 12.4 Å². The first kappa shape index (κ1) is 19.4. The molecule has 2 rings (SSSR count). The second kappa shape index (κ2) is 9.50. The smallest absolute Gasteiger partial charge is 0.422 e. The first-order valence-electron chi connectivity index (χ1n) is 7.83. The molecular weight excluding hydrogens is 347 g/mol. The Hall–Kier alpha value is -2.96. The predicted octanol–water partition coefficient (Wildman–Crippen LogP) is 4.57. The fraction of sp³-hybridized carbons (Fsp3) is 0.211. The molecule has 0 bridgehead atoms. The normalized spacial score (nSPS) is 11.3. The number of ether oxygens (including phenoxy) is 2. The van der Waals surface area contributed by atoms with Crippen LogP contribution in [0.15, 0.2) is 60.7 Å². The summed E-state index contributed by atoms with van der Waals surface area (Å²) >= 11 is 0. The monoisotopic (exact) mass is 365 g/mol. The van der Waals surface area contributed by atoms with Crippen molar-refractivity contribution in [1.29, 1.82) is 0 Å². The van der Waals surface area contributed by atoms with E-state index < -0.39 is 18.9 Å². The van der Waals surface area contributed by atoms with Crippen LogP contribution < -0.4 is 10.1 Å². The van der Waals surface area contributed by atoms with Crippen LogP contribution in [0, 0.1) is 0 Å². The molecule has 1 N–H and O–H groups in total. The predicted molar refractivity (Wildman–Crippen MR) is 91.7 cm³/mol. The summed E-state index contributed by atoms with van der Waals surface area (Å²) in [5.41, 5.74) is 1.66. The van der Waals surface area contributed by atoms with Crippen LogP contribution in [0.5, 0.6) is 5.75 Å². The molecule has 2 aromatic carbocycles. The fourth-order valence-electron chi connectivity index (χ4n) is 1.95. The summed E-state index contributed by atoms with van der Waals surface area (Å²) in [4.78, 5) is 11.5. The van der Waals surface area contributed by atoms with Crippen molar-refractivity contribution < 1.29 is 27.4 Å². The molecule has 0 aliphatic heterocycles. The van der Waals surface area contributed by atoms with Gasteiger partial charge in [-0.05, 0) is 23.3 Å². The molecule has 0 fully saturated rings. The largest absolute Gasteiger partial charge is 0.484 e. The minimum Gasteiger partial charge on any atom is -0.484 e. The number of alkyl carbamates (subject to hydrolysis) is 1. The van der Waals surface area contributed by atoms with E-state index in [9.17, 15) is 18.0 Å². The van der Waals surface area contributed by atoms with Gasteiger partial charge in [-0.3, -0.25) is 0 Å². The lowest BCUT2D eigenvalue weighted by atomic mass is 10.2. The van der Waals surface area contributed by atoms with Crippen molar-refractivity contribution in [3.63, 3.8) is 0 Å². The Morgan fingerprint density at radius 1 is 1.04 bits per heavy atom. The molecule has 26 heavy (non-hydrogen) atoms. The molecule has 0 unspecified atom stereocenters.